The third-order valence-electron chi connectivity index (χ3n) is 5.08. The Labute approximate surface area is 155 Å². The van der Waals surface area contributed by atoms with Gasteiger partial charge in [-0.05, 0) is 23.5 Å². The molecule has 0 heterocycles. The molecule has 0 saturated heterocycles. The zero-order chi connectivity index (χ0) is 22.2. The summed E-state index contributed by atoms with van der Waals surface area (Å²) in [7, 11) is 0. The minimum absolute atomic E-state index is 0.215. The Morgan fingerprint density at radius 2 is 1.04 bits per heavy atom. The van der Waals surface area contributed by atoms with Crippen LogP contribution in [0.4, 0.5) is 39.5 Å². The number of alkyl halides is 9. The second kappa shape index (κ2) is 5.79. The molecule has 1 aromatic carbocycles. The number of hydrogen-bond acceptors (Lipinski definition) is 1. The summed E-state index contributed by atoms with van der Waals surface area (Å²) in [6.07, 6.45) is -2.38. The standard InChI is InChI=1S/C18H19F9O/c1-12(2,3)10-7-5-6-8-11(10)13(4,28)9-14(19)15(20,21)17(24,25)18(26,27)16(14,22)23/h5-8,28H,9H2,1-4H3. The van der Waals surface area contributed by atoms with Gasteiger partial charge in [0.1, 0.15) is 0 Å². The number of halogens is 9. The third-order valence-corrected chi connectivity index (χ3v) is 5.08. The molecule has 0 spiro atoms. The van der Waals surface area contributed by atoms with E-state index in [0.29, 0.717) is 6.92 Å². The summed E-state index contributed by atoms with van der Waals surface area (Å²) in [4.78, 5) is 0. The molecule has 1 nitrogen and oxygen atoms in total. The van der Waals surface area contributed by atoms with Crippen molar-refractivity contribution in [3.05, 3.63) is 35.4 Å². The molecule has 1 fully saturated rings. The Balaban J connectivity index is 2.67. The molecule has 0 amide bonds. The average molecular weight is 422 g/mol. The van der Waals surface area contributed by atoms with Crippen LogP contribution in [0.5, 0.6) is 0 Å². The molecule has 0 aromatic heterocycles. The molecule has 0 aliphatic heterocycles. The molecule has 2 rings (SSSR count). The van der Waals surface area contributed by atoms with Gasteiger partial charge in [-0.25, -0.2) is 4.39 Å². The molecule has 1 atom stereocenters. The van der Waals surface area contributed by atoms with Gasteiger partial charge in [0.15, 0.2) is 0 Å². The van der Waals surface area contributed by atoms with Gasteiger partial charge in [0.25, 0.3) is 5.67 Å². The molecule has 1 aliphatic carbocycles. The molecule has 0 bridgehead atoms. The highest BCUT2D eigenvalue weighted by Gasteiger charge is 3.00. The van der Waals surface area contributed by atoms with Crippen LogP contribution in [0.1, 0.15) is 45.2 Å². The van der Waals surface area contributed by atoms with E-state index in [9.17, 15) is 44.6 Å². The monoisotopic (exact) mass is 422 g/mol. The van der Waals surface area contributed by atoms with Crippen LogP contribution in [-0.2, 0) is 11.0 Å². The summed E-state index contributed by atoms with van der Waals surface area (Å²) in [5, 5.41) is 10.6. The summed E-state index contributed by atoms with van der Waals surface area (Å²) in [6.45, 7) is 5.45. The fraction of sp³-hybridized carbons (Fsp3) is 0.667. The van der Waals surface area contributed by atoms with Gasteiger partial charge in [-0.1, -0.05) is 45.0 Å². The highest BCUT2D eigenvalue weighted by atomic mass is 19.4. The van der Waals surface area contributed by atoms with Crippen molar-refractivity contribution in [3.63, 3.8) is 0 Å². The molecule has 1 N–H and O–H groups in total. The SMILES string of the molecule is CC(C)(C)c1ccccc1C(C)(O)CC1(F)C(F)(F)C(F)(F)C(F)(F)C1(F)F. The van der Waals surface area contributed by atoms with Crippen LogP contribution in [-0.4, -0.2) is 34.5 Å². The summed E-state index contributed by atoms with van der Waals surface area (Å²) < 4.78 is 124. The molecular weight excluding hydrogens is 403 g/mol. The van der Waals surface area contributed by atoms with Crippen molar-refractivity contribution in [2.45, 2.75) is 74.5 Å². The smallest absolute Gasteiger partial charge is 0.381 e. The molecule has 0 radical (unpaired) electrons. The number of benzene rings is 1. The summed E-state index contributed by atoms with van der Waals surface area (Å²) in [5.74, 6) is -26.2. The Kier molecular flexibility index (Phi) is 4.73. The van der Waals surface area contributed by atoms with Crippen LogP contribution in [0, 0.1) is 0 Å². The average Bonchev–Trinajstić information content (AvgIpc) is 2.56. The number of aliphatic hydroxyl groups is 1. The van der Waals surface area contributed by atoms with Gasteiger partial charge < -0.3 is 5.11 Å². The lowest BCUT2D eigenvalue weighted by Crippen LogP contribution is -2.57. The maximum absolute atomic E-state index is 14.8. The largest absolute Gasteiger partial charge is 0.385 e. The van der Waals surface area contributed by atoms with E-state index in [1.807, 2.05) is 0 Å². The van der Waals surface area contributed by atoms with Gasteiger partial charge in [0.2, 0.25) is 0 Å². The normalized spacial score (nSPS) is 26.6. The van der Waals surface area contributed by atoms with Crippen LogP contribution in [0.25, 0.3) is 0 Å². The molecule has 28 heavy (non-hydrogen) atoms. The third kappa shape index (κ3) is 2.59. The molecule has 1 aromatic rings. The van der Waals surface area contributed by atoms with Crippen LogP contribution >= 0.6 is 0 Å². The molecule has 1 aliphatic rings. The van der Waals surface area contributed by atoms with Crippen molar-refractivity contribution in [2.75, 3.05) is 0 Å². The minimum atomic E-state index is -6.65. The van der Waals surface area contributed by atoms with Gasteiger partial charge >= 0.3 is 23.7 Å². The fourth-order valence-corrected chi connectivity index (χ4v) is 3.49. The van der Waals surface area contributed by atoms with Gasteiger partial charge in [-0.2, -0.15) is 35.1 Å². The first-order valence-electron chi connectivity index (χ1n) is 8.21. The summed E-state index contributed by atoms with van der Waals surface area (Å²) >= 11 is 0. The predicted molar refractivity (Wildman–Crippen MR) is 83.0 cm³/mol. The number of rotatable bonds is 3. The lowest BCUT2D eigenvalue weighted by atomic mass is 9.74. The van der Waals surface area contributed by atoms with Crippen LogP contribution in [0.2, 0.25) is 0 Å². The summed E-state index contributed by atoms with van der Waals surface area (Å²) in [5.41, 5.74) is -9.49. The molecular formula is C18H19F9O. The maximum Gasteiger partial charge on any atom is 0.381 e. The fourth-order valence-electron chi connectivity index (χ4n) is 3.49. The van der Waals surface area contributed by atoms with E-state index in [2.05, 4.69) is 0 Å². The molecule has 1 unspecified atom stereocenters. The van der Waals surface area contributed by atoms with Crippen molar-refractivity contribution >= 4 is 0 Å². The number of hydrogen-bond donors (Lipinski definition) is 1. The Morgan fingerprint density at radius 3 is 1.39 bits per heavy atom. The Hall–Kier alpha value is -1.45. The first kappa shape index (κ1) is 22.8. The van der Waals surface area contributed by atoms with Crippen LogP contribution < -0.4 is 0 Å². The van der Waals surface area contributed by atoms with E-state index in [0.717, 1.165) is 6.07 Å². The highest BCUT2D eigenvalue weighted by molar-refractivity contribution is 5.38. The van der Waals surface area contributed by atoms with Crippen molar-refractivity contribution in [2.24, 2.45) is 0 Å². The van der Waals surface area contributed by atoms with E-state index in [1.165, 1.54) is 18.2 Å². The van der Waals surface area contributed by atoms with E-state index < -0.39 is 46.8 Å². The van der Waals surface area contributed by atoms with Gasteiger partial charge in [-0.3, -0.25) is 0 Å². The highest BCUT2D eigenvalue weighted by Crippen LogP contribution is 2.71. The van der Waals surface area contributed by atoms with Crippen LogP contribution in [0.15, 0.2) is 24.3 Å². The predicted octanol–water partition coefficient (Wildman–Crippen LogP) is 5.84. The van der Waals surface area contributed by atoms with Gasteiger partial charge in [-0.15, -0.1) is 0 Å². The second-order valence-electron chi connectivity index (χ2n) is 8.34. The van der Waals surface area contributed by atoms with Gasteiger partial charge in [0.05, 0.1) is 5.60 Å². The van der Waals surface area contributed by atoms with Crippen molar-refractivity contribution in [3.8, 4) is 0 Å². The van der Waals surface area contributed by atoms with E-state index in [1.54, 1.807) is 20.8 Å². The maximum atomic E-state index is 14.8. The first-order chi connectivity index (χ1) is 12.2. The Morgan fingerprint density at radius 1 is 0.679 bits per heavy atom. The van der Waals surface area contributed by atoms with E-state index in [4.69, 9.17) is 0 Å². The quantitative estimate of drug-likeness (QED) is 0.607. The van der Waals surface area contributed by atoms with E-state index in [-0.39, 0.29) is 11.1 Å². The molecule has 1 saturated carbocycles. The van der Waals surface area contributed by atoms with Crippen molar-refractivity contribution < 1.29 is 44.6 Å². The van der Waals surface area contributed by atoms with E-state index >= 15 is 0 Å². The molecule has 160 valence electrons. The van der Waals surface area contributed by atoms with Crippen LogP contribution in [0.3, 0.4) is 0 Å². The second-order valence-corrected chi connectivity index (χ2v) is 8.34. The zero-order valence-corrected chi connectivity index (χ0v) is 15.4. The summed E-state index contributed by atoms with van der Waals surface area (Å²) in [6, 6.07) is 5.23. The first-order valence-corrected chi connectivity index (χ1v) is 8.21. The minimum Gasteiger partial charge on any atom is -0.385 e. The molecule has 10 heteroatoms. The topological polar surface area (TPSA) is 20.2 Å². The van der Waals surface area contributed by atoms with Gasteiger partial charge in [0, 0.05) is 6.42 Å². The van der Waals surface area contributed by atoms with Crippen molar-refractivity contribution in [1.29, 1.82) is 0 Å². The Bertz CT molecular complexity index is 737. The zero-order valence-electron chi connectivity index (χ0n) is 15.4. The van der Waals surface area contributed by atoms with Crippen molar-refractivity contribution in [1.82, 2.24) is 0 Å². The lowest BCUT2D eigenvalue weighted by molar-refractivity contribution is -0.303. The lowest BCUT2D eigenvalue weighted by Gasteiger charge is -2.38.